The summed E-state index contributed by atoms with van der Waals surface area (Å²) in [6.07, 6.45) is 20.0. The van der Waals surface area contributed by atoms with E-state index in [9.17, 15) is 13.5 Å². The highest BCUT2D eigenvalue weighted by molar-refractivity contribution is 7.89. The van der Waals surface area contributed by atoms with Crippen LogP contribution in [0.4, 0.5) is 34.1 Å². The number of sulfonamides is 1. The monoisotopic (exact) mass is 2030 g/mol. The van der Waals surface area contributed by atoms with Crippen molar-refractivity contribution in [2.24, 2.45) is 12.2 Å². The van der Waals surface area contributed by atoms with Crippen LogP contribution in [0.15, 0.2) is 333 Å². The number of aromatic nitrogens is 7. The summed E-state index contributed by atoms with van der Waals surface area (Å²) in [4.78, 5) is 25.3. The van der Waals surface area contributed by atoms with Gasteiger partial charge < -0.3 is 85.9 Å². The maximum Gasteiger partial charge on any atom is 0.253 e. The van der Waals surface area contributed by atoms with Gasteiger partial charge in [-0.1, -0.05) is 188 Å². The van der Waals surface area contributed by atoms with Crippen molar-refractivity contribution in [3.63, 3.8) is 0 Å². The Hall–Kier alpha value is -13.6. The van der Waals surface area contributed by atoms with Crippen molar-refractivity contribution >= 4 is 132 Å². The third kappa shape index (κ3) is 27.1. The van der Waals surface area contributed by atoms with Crippen LogP contribution in [0.25, 0.3) is 64.7 Å². The van der Waals surface area contributed by atoms with Crippen molar-refractivity contribution in [3.05, 3.63) is 377 Å². The van der Waals surface area contributed by atoms with Crippen molar-refractivity contribution in [1.82, 2.24) is 66.8 Å². The first kappa shape index (κ1) is 103. The normalized spacial score (nSPS) is 15.6. The van der Waals surface area contributed by atoms with Crippen LogP contribution >= 0.6 is 22.9 Å². The fourth-order valence-corrected chi connectivity index (χ4v) is 23.5. The van der Waals surface area contributed by atoms with Gasteiger partial charge in [-0.2, -0.15) is 20.7 Å². The molecule has 18 aromatic rings. The lowest BCUT2D eigenvalue weighted by molar-refractivity contribution is 0.281. The second-order valence-electron chi connectivity index (χ2n) is 39.7. The molecule has 0 unspecified atom stereocenters. The minimum Gasteiger partial charge on any atom is -0.392 e. The zero-order chi connectivity index (χ0) is 101. The number of aromatic amines is 4. The van der Waals surface area contributed by atoms with E-state index >= 15 is 0 Å². The summed E-state index contributed by atoms with van der Waals surface area (Å²) in [7, 11) is -1.64. The first-order valence-corrected chi connectivity index (χ1v) is 55.4. The van der Waals surface area contributed by atoms with Gasteiger partial charge in [-0.05, 0) is 333 Å². The van der Waals surface area contributed by atoms with E-state index in [1.54, 1.807) is 17.4 Å². The number of anilines is 6. The SMILES string of the molecule is Clc1cc(N(Cc2ccccc2)C2CCNCC2)cc2cc[nH]c12.Cn1ccc2cc(N(Cc3ccccc3)C3CCNCC3)ccc21.N#Cc1cc2cc(N(Cc3ccccc3)C3CCNCC3)ccc2s1.NS(=O)(=O)c1cc2cc(N(Cc3ccccc3)C3CCNCC3)ccc2[nH]1.OCc1cccc(CN(c2ccc3[nH]ccc3c2)C2CCNCC2)c1.c1ccc(CN(c2ccc3n[nH]nc3c2)C2CCNCC2)cc1. The van der Waals surface area contributed by atoms with E-state index in [1.165, 1.54) is 125 Å². The predicted molar refractivity (Wildman–Crippen MR) is 612 cm³/mol. The van der Waals surface area contributed by atoms with Crippen LogP contribution in [0.1, 0.15) is 121 Å². The van der Waals surface area contributed by atoms with Crippen molar-refractivity contribution in [3.8, 4) is 6.07 Å². The summed E-state index contributed by atoms with van der Waals surface area (Å²) in [6, 6.07) is 114. The third-order valence-electron chi connectivity index (χ3n) is 29.8. The number of fused-ring (bicyclic) bond motifs is 6. The Balaban J connectivity index is 0.000000112. The molecule has 0 bridgehead atoms. The van der Waals surface area contributed by atoms with Gasteiger partial charge >= 0.3 is 0 Å². The number of nitrogens with two attached hydrogens (primary N) is 1. The van der Waals surface area contributed by atoms with Crippen LogP contribution in [0, 0.1) is 11.3 Å². The molecule has 12 heterocycles. The molecular formula is C121H138ClN21O3S2. The third-order valence-corrected chi connectivity index (χ3v) is 31.9. The molecular weight excluding hydrogens is 1900 g/mol. The molecule has 24 rings (SSSR count). The summed E-state index contributed by atoms with van der Waals surface area (Å²) in [5, 5.41) is 62.3. The number of piperidine rings is 6. The Morgan fingerprint density at radius 1 is 0.372 bits per heavy atom. The lowest BCUT2D eigenvalue weighted by Crippen LogP contribution is -2.43. The molecule has 0 saturated carbocycles. The summed E-state index contributed by atoms with van der Waals surface area (Å²) in [5.74, 6) is 0. The highest BCUT2D eigenvalue weighted by atomic mass is 35.5. The van der Waals surface area contributed by atoms with E-state index in [1.807, 2.05) is 54.9 Å². The van der Waals surface area contributed by atoms with E-state index in [0.29, 0.717) is 36.3 Å². The summed E-state index contributed by atoms with van der Waals surface area (Å²) in [5.41, 5.74) is 22.4. The van der Waals surface area contributed by atoms with E-state index < -0.39 is 10.0 Å². The number of primary sulfonamides is 1. The highest BCUT2D eigenvalue weighted by Crippen LogP contribution is 2.39. The minimum atomic E-state index is -3.74. The van der Waals surface area contributed by atoms with E-state index in [2.05, 4.69) is 376 Å². The fraction of sp³-hybridized carbons (Fsp3) is 0.314. The first-order valence-electron chi connectivity index (χ1n) is 52.7. The Morgan fingerprint density at radius 3 is 1.20 bits per heavy atom. The average Bonchev–Trinajstić information content (AvgIpc) is 1.64. The Kier molecular flexibility index (Phi) is 35.4. The lowest BCUT2D eigenvalue weighted by Gasteiger charge is -2.37. The highest BCUT2D eigenvalue weighted by Gasteiger charge is 2.31. The molecule has 6 fully saturated rings. The van der Waals surface area contributed by atoms with Crippen molar-refractivity contribution in [2.75, 3.05) is 108 Å². The van der Waals surface area contributed by atoms with Crippen LogP contribution in [0.5, 0.6) is 0 Å². The number of nitriles is 1. The second-order valence-corrected chi connectivity index (χ2v) is 42.8. The van der Waals surface area contributed by atoms with Crippen LogP contribution in [0.3, 0.4) is 0 Å². The summed E-state index contributed by atoms with van der Waals surface area (Å²) in [6.45, 7) is 18.4. The molecule has 27 heteroatoms. The average molecular weight is 2030 g/mol. The van der Waals surface area contributed by atoms with Crippen molar-refractivity contribution in [2.45, 2.75) is 164 Å². The number of hydrogen-bond acceptors (Lipinski definition) is 19. The number of benzene rings is 12. The van der Waals surface area contributed by atoms with Gasteiger partial charge in [0.1, 0.15) is 27.0 Å². The molecule has 0 atom stereocenters. The van der Waals surface area contributed by atoms with Gasteiger partial charge in [0.05, 0.1) is 17.1 Å². The summed E-state index contributed by atoms with van der Waals surface area (Å²) < 4.78 is 26.6. The van der Waals surface area contributed by atoms with Gasteiger partial charge in [-0.15, -0.1) is 11.3 Å². The molecule has 12 aromatic carbocycles. The molecule has 6 saturated heterocycles. The van der Waals surface area contributed by atoms with Crippen LogP contribution in [-0.4, -0.2) is 163 Å². The van der Waals surface area contributed by atoms with Crippen molar-refractivity contribution < 1.29 is 13.5 Å². The van der Waals surface area contributed by atoms with Crippen LogP contribution in [0.2, 0.25) is 5.02 Å². The number of nitrogens with one attached hydrogen (secondary N) is 10. The maximum absolute atomic E-state index is 11.6. The lowest BCUT2D eigenvalue weighted by atomic mass is 10.0. The number of H-pyrrole nitrogens is 4. The number of halogens is 1. The molecule has 13 N–H and O–H groups in total. The molecule has 148 heavy (non-hydrogen) atoms. The number of nitrogens with zero attached hydrogens (tertiary/aromatic N) is 10. The first-order chi connectivity index (χ1) is 72.7. The molecule has 24 nitrogen and oxygen atoms in total. The van der Waals surface area contributed by atoms with Crippen molar-refractivity contribution in [1.29, 1.82) is 5.26 Å². The van der Waals surface area contributed by atoms with Gasteiger partial charge in [0.15, 0.2) is 0 Å². The molecule has 0 spiro atoms. The number of thiophene rings is 1. The number of hydrogen-bond donors (Lipinski definition) is 12. The van der Waals surface area contributed by atoms with Gasteiger partial charge in [0.25, 0.3) is 10.0 Å². The smallest absolute Gasteiger partial charge is 0.253 e. The standard InChI is InChI=1S/C21H25N3O.C21H21N3S.C21H25N3.C20H22ClN3.C20H24N4O2S.C18H21N5/c25-15-17-3-1-2-16(12-17)14-24(19-7-9-22-10-8-19)20-4-5-21-18(13-20)6-11-23-21;22-14-20-13-17-12-19(6-7-21(17)25-20)24(18-8-10-23-11-9-18)15-16-4-2-1-3-5-16;1-23-14-11-18-15-20(7-8-21(18)23)24(19-9-12-22-13-10-19)16-17-5-3-2-4-6-17;21-19-13-18(12-16-6-11-23-20(16)19)24(17-7-9-22-10-8-17)14-15-4-2-1-3-5-15;21-27(25,26)20-13-16-12-18(6-7-19(16)23-20)24(17-8-10-22-11-9-17)14-15-4-2-1-3-5-15;1-2-4-14(5-3-1)13-23(15-8-10-19-11-9-15)16-6-7-17-18(12-16)21-22-20-17/h1-6,11-13,19,22-23,25H,7-10,14-15H2;1-7,12-13,18,23H,8-11,15H2;2-8,11,14-15,19,22H,9-10,12-13,16H2,1H3;1-6,11-13,17,22-23H,7-10,14H2;1-7,12-13,17,22-23H,8-11,14H2,(H2,21,25,26);1-7,12,15,19H,8-11,13H2,(H,20,21,22). The molecule has 6 aromatic heterocycles. The van der Waals surface area contributed by atoms with E-state index in [0.717, 1.165) is 218 Å². The van der Waals surface area contributed by atoms with E-state index in [-0.39, 0.29) is 11.6 Å². The molecule has 6 aliphatic heterocycles. The number of rotatable bonds is 26. The van der Waals surface area contributed by atoms with Crippen LogP contribution < -0.4 is 66.4 Å². The maximum atomic E-state index is 11.6. The summed E-state index contributed by atoms with van der Waals surface area (Å²) >= 11 is 8.09. The quantitative estimate of drug-likeness (QED) is 0.0240. The zero-order valence-electron chi connectivity index (χ0n) is 84.6. The zero-order valence-corrected chi connectivity index (χ0v) is 87.0. The molecule has 764 valence electrons. The van der Waals surface area contributed by atoms with Gasteiger partial charge in [-0.3, -0.25) is 0 Å². The Labute approximate surface area is 878 Å². The molecule has 0 amide bonds. The van der Waals surface area contributed by atoms with E-state index in [4.69, 9.17) is 22.0 Å². The Morgan fingerprint density at radius 2 is 0.743 bits per heavy atom. The number of aliphatic hydroxyl groups is 1. The van der Waals surface area contributed by atoms with Gasteiger partial charge in [0, 0.05) is 178 Å². The Bertz CT molecular complexity index is 7380. The topological polar surface area (TPSA) is 290 Å². The van der Waals surface area contributed by atoms with Crippen LogP contribution in [-0.2, 0) is 62.9 Å². The fourth-order valence-electron chi connectivity index (χ4n) is 21.9. The number of aliphatic hydroxyl groups excluding tert-OH is 1. The minimum absolute atomic E-state index is 0.0473. The molecule has 0 radical (unpaired) electrons. The van der Waals surface area contributed by atoms with Gasteiger partial charge in [0.2, 0.25) is 0 Å². The molecule has 0 aliphatic carbocycles. The molecule has 6 aliphatic rings. The number of aryl methyl sites for hydroxylation is 1. The second kappa shape index (κ2) is 50.9. The predicted octanol–water partition coefficient (Wildman–Crippen LogP) is 21.8. The van der Waals surface area contributed by atoms with Gasteiger partial charge in [-0.25, -0.2) is 13.6 Å². The largest absolute Gasteiger partial charge is 0.392 e.